The molecule has 4 atom stereocenters. The maximum Gasteiger partial charge on any atom is 0.326 e. The molecule has 0 radical (unpaired) electrons. The molecule has 1 rings (SSSR count). The number of hydrogen-bond donors (Lipinski definition) is 5. The van der Waals surface area contributed by atoms with E-state index >= 15 is 0 Å². The first-order valence-corrected chi connectivity index (χ1v) is 9.73. The second-order valence-corrected chi connectivity index (χ2v) is 7.23. The summed E-state index contributed by atoms with van der Waals surface area (Å²) in [6.07, 6.45) is 1.31. The number of carbonyl (C=O) groups excluding carboxylic acids is 4. The van der Waals surface area contributed by atoms with Gasteiger partial charge in [-0.2, -0.15) is 0 Å². The van der Waals surface area contributed by atoms with Gasteiger partial charge in [0.25, 0.3) is 0 Å². The van der Waals surface area contributed by atoms with E-state index in [4.69, 9.17) is 11.5 Å². The summed E-state index contributed by atoms with van der Waals surface area (Å²) in [5.74, 6) is -3.75. The third-order valence-electron chi connectivity index (χ3n) is 5.14. The number of amides is 4. The van der Waals surface area contributed by atoms with Gasteiger partial charge in [0.2, 0.25) is 23.6 Å². The first-order valence-electron chi connectivity index (χ1n) is 9.73. The van der Waals surface area contributed by atoms with Crippen molar-refractivity contribution in [3.8, 4) is 0 Å². The lowest BCUT2D eigenvalue weighted by Gasteiger charge is -2.29. The molecule has 29 heavy (non-hydrogen) atoms. The summed E-state index contributed by atoms with van der Waals surface area (Å²) in [7, 11) is 0. The van der Waals surface area contributed by atoms with Crippen molar-refractivity contribution < 1.29 is 29.1 Å². The van der Waals surface area contributed by atoms with Crippen molar-refractivity contribution in [1.82, 2.24) is 15.5 Å². The van der Waals surface area contributed by atoms with E-state index in [1.165, 1.54) is 4.90 Å². The molecule has 4 amide bonds. The summed E-state index contributed by atoms with van der Waals surface area (Å²) >= 11 is 0. The fourth-order valence-electron chi connectivity index (χ4n) is 3.21. The fraction of sp³-hybridized carbons (Fsp3) is 0.722. The van der Waals surface area contributed by atoms with E-state index in [1.54, 1.807) is 6.92 Å². The summed E-state index contributed by atoms with van der Waals surface area (Å²) in [4.78, 5) is 61.1. The highest BCUT2D eigenvalue weighted by atomic mass is 16.4. The first-order chi connectivity index (χ1) is 13.6. The van der Waals surface area contributed by atoms with Crippen molar-refractivity contribution in [1.29, 1.82) is 0 Å². The molecule has 1 heterocycles. The van der Waals surface area contributed by atoms with Crippen LogP contribution < -0.4 is 22.1 Å². The third-order valence-corrected chi connectivity index (χ3v) is 5.14. The Hall–Kier alpha value is -2.69. The van der Waals surface area contributed by atoms with E-state index < -0.39 is 41.8 Å². The number of hydrogen-bond acceptors (Lipinski definition) is 6. The Morgan fingerprint density at radius 3 is 2.38 bits per heavy atom. The van der Waals surface area contributed by atoms with Crippen LogP contribution in [-0.4, -0.2) is 70.8 Å². The van der Waals surface area contributed by atoms with Gasteiger partial charge in [-0.15, -0.1) is 0 Å². The normalized spacial score (nSPS) is 19.1. The summed E-state index contributed by atoms with van der Waals surface area (Å²) in [6.45, 7) is 3.79. The van der Waals surface area contributed by atoms with Crippen LogP contribution in [0.15, 0.2) is 0 Å². The number of carboxylic acids is 1. The second kappa shape index (κ2) is 11.3. The van der Waals surface area contributed by atoms with E-state index in [2.05, 4.69) is 10.6 Å². The maximum atomic E-state index is 12.7. The van der Waals surface area contributed by atoms with Gasteiger partial charge in [0.05, 0.1) is 6.54 Å². The largest absolute Gasteiger partial charge is 0.480 e. The van der Waals surface area contributed by atoms with Crippen LogP contribution in [-0.2, 0) is 24.0 Å². The summed E-state index contributed by atoms with van der Waals surface area (Å²) in [5, 5.41) is 14.3. The Morgan fingerprint density at radius 2 is 1.86 bits per heavy atom. The van der Waals surface area contributed by atoms with Crippen molar-refractivity contribution in [3.63, 3.8) is 0 Å². The van der Waals surface area contributed by atoms with Crippen LogP contribution >= 0.6 is 0 Å². The number of nitrogens with two attached hydrogens (primary N) is 2. The van der Waals surface area contributed by atoms with Crippen molar-refractivity contribution in [2.45, 2.75) is 64.1 Å². The molecule has 0 aromatic carbocycles. The molecule has 1 aliphatic rings. The van der Waals surface area contributed by atoms with Gasteiger partial charge in [0, 0.05) is 13.0 Å². The summed E-state index contributed by atoms with van der Waals surface area (Å²) < 4.78 is 0. The van der Waals surface area contributed by atoms with Crippen LogP contribution in [0.1, 0.15) is 46.0 Å². The molecule has 1 fully saturated rings. The van der Waals surface area contributed by atoms with Gasteiger partial charge in [-0.25, -0.2) is 4.79 Å². The Bertz CT molecular complexity index is 640. The molecule has 1 aliphatic heterocycles. The highest BCUT2D eigenvalue weighted by molar-refractivity contribution is 5.94. The lowest BCUT2D eigenvalue weighted by Crippen LogP contribution is -2.57. The Balaban J connectivity index is 2.88. The zero-order chi connectivity index (χ0) is 22.1. The van der Waals surface area contributed by atoms with Crippen LogP contribution in [0.5, 0.6) is 0 Å². The monoisotopic (exact) mass is 413 g/mol. The molecule has 164 valence electrons. The Kier molecular flexibility index (Phi) is 9.53. The average Bonchev–Trinajstić information content (AvgIpc) is 3.17. The molecule has 0 aromatic rings. The molecule has 7 N–H and O–H groups in total. The fourth-order valence-corrected chi connectivity index (χ4v) is 3.21. The quantitative estimate of drug-likeness (QED) is 0.267. The minimum Gasteiger partial charge on any atom is -0.480 e. The number of nitrogens with one attached hydrogen (secondary N) is 2. The van der Waals surface area contributed by atoms with Gasteiger partial charge in [0.1, 0.15) is 18.1 Å². The molecular weight excluding hydrogens is 382 g/mol. The molecule has 0 bridgehead atoms. The topological polar surface area (TPSA) is 185 Å². The lowest BCUT2D eigenvalue weighted by atomic mass is 9.97. The van der Waals surface area contributed by atoms with E-state index in [9.17, 15) is 29.1 Å². The van der Waals surface area contributed by atoms with Crippen molar-refractivity contribution in [3.05, 3.63) is 0 Å². The number of primary amides is 1. The van der Waals surface area contributed by atoms with Crippen molar-refractivity contribution in [2.75, 3.05) is 13.1 Å². The van der Waals surface area contributed by atoms with E-state index in [0.29, 0.717) is 25.8 Å². The van der Waals surface area contributed by atoms with Gasteiger partial charge in [-0.3, -0.25) is 19.2 Å². The van der Waals surface area contributed by atoms with Gasteiger partial charge in [-0.05, 0) is 25.2 Å². The lowest BCUT2D eigenvalue weighted by molar-refractivity contribution is -0.143. The van der Waals surface area contributed by atoms with Crippen LogP contribution in [0.2, 0.25) is 0 Å². The van der Waals surface area contributed by atoms with Gasteiger partial charge in [0.15, 0.2) is 0 Å². The highest BCUT2D eigenvalue weighted by Gasteiger charge is 2.37. The smallest absolute Gasteiger partial charge is 0.326 e. The average molecular weight is 413 g/mol. The van der Waals surface area contributed by atoms with E-state index in [1.807, 2.05) is 6.92 Å². The van der Waals surface area contributed by atoms with Crippen LogP contribution in [0.4, 0.5) is 0 Å². The van der Waals surface area contributed by atoms with Gasteiger partial charge in [-0.1, -0.05) is 20.3 Å². The summed E-state index contributed by atoms with van der Waals surface area (Å²) in [6, 6.07) is -3.01. The van der Waals surface area contributed by atoms with Gasteiger partial charge < -0.3 is 32.1 Å². The Labute approximate surface area is 169 Å². The van der Waals surface area contributed by atoms with Crippen LogP contribution in [0.25, 0.3) is 0 Å². The molecule has 11 nitrogen and oxygen atoms in total. The standard InChI is InChI=1S/C18H31N5O6/c1-3-10(2)15(17(27)21-11(18(28)29)6-7-13(20)24)22-16(26)12-5-4-8-23(12)14(25)9-19/h10-12,15H,3-9,19H2,1-2H3,(H2,20,24)(H,21,27)(H,22,26)(H,28,29). The highest BCUT2D eigenvalue weighted by Crippen LogP contribution is 2.18. The molecule has 0 saturated carbocycles. The maximum absolute atomic E-state index is 12.7. The molecule has 1 saturated heterocycles. The Morgan fingerprint density at radius 1 is 1.21 bits per heavy atom. The number of carboxylic acid groups (broad SMARTS) is 1. The van der Waals surface area contributed by atoms with Crippen LogP contribution in [0, 0.1) is 5.92 Å². The molecule has 11 heteroatoms. The number of carbonyl (C=O) groups is 5. The predicted octanol–water partition coefficient (Wildman–Crippen LogP) is -1.70. The van der Waals surface area contributed by atoms with Gasteiger partial charge >= 0.3 is 5.97 Å². The van der Waals surface area contributed by atoms with Crippen molar-refractivity contribution >= 4 is 29.6 Å². The minimum absolute atomic E-state index is 0.154. The second-order valence-electron chi connectivity index (χ2n) is 7.23. The third kappa shape index (κ3) is 7.00. The zero-order valence-electron chi connectivity index (χ0n) is 16.8. The molecule has 0 spiro atoms. The number of nitrogens with zero attached hydrogens (tertiary/aromatic N) is 1. The summed E-state index contributed by atoms with van der Waals surface area (Å²) in [5.41, 5.74) is 10.4. The number of rotatable bonds is 11. The van der Waals surface area contributed by atoms with E-state index in [-0.39, 0.29) is 31.2 Å². The zero-order valence-corrected chi connectivity index (χ0v) is 16.8. The predicted molar refractivity (Wildman–Crippen MR) is 103 cm³/mol. The number of likely N-dealkylation sites (tertiary alicyclic amines) is 1. The van der Waals surface area contributed by atoms with Crippen molar-refractivity contribution in [2.24, 2.45) is 17.4 Å². The minimum atomic E-state index is -1.31. The molecule has 0 aliphatic carbocycles. The van der Waals surface area contributed by atoms with E-state index in [0.717, 1.165) is 0 Å². The SMILES string of the molecule is CCC(C)C(NC(=O)C1CCCN1C(=O)CN)C(=O)NC(CCC(N)=O)C(=O)O. The first kappa shape index (κ1) is 24.3. The number of aliphatic carboxylic acids is 1. The molecule has 4 unspecified atom stereocenters. The molecular formula is C18H31N5O6. The molecule has 0 aromatic heterocycles. The van der Waals surface area contributed by atoms with Crippen LogP contribution in [0.3, 0.4) is 0 Å².